The van der Waals surface area contributed by atoms with Crippen LogP contribution < -0.4 is 0 Å². The molecule has 4 heterocycles. The van der Waals surface area contributed by atoms with Gasteiger partial charge < -0.3 is 0 Å². The van der Waals surface area contributed by atoms with Crippen LogP contribution >= 0.6 is 0 Å². The van der Waals surface area contributed by atoms with Crippen molar-refractivity contribution in [1.82, 2.24) is 34.6 Å². The van der Waals surface area contributed by atoms with E-state index in [2.05, 4.69) is 25.4 Å². The van der Waals surface area contributed by atoms with E-state index in [-0.39, 0.29) is 6.17 Å². The van der Waals surface area contributed by atoms with Gasteiger partial charge in [0.25, 0.3) is 0 Å². The van der Waals surface area contributed by atoms with Crippen molar-refractivity contribution in [1.29, 1.82) is 0 Å². The standard InChI is InChI=1S/C13H11N7/c1-19-11(4-7-16-19)12-3-5-14-13-9(8-17-20(12)13)10-2-6-15-18-10/h2-8H,1H3,(H,15,18)/i5D. The molecule has 0 atom stereocenters. The molecule has 0 spiro atoms. The van der Waals surface area contributed by atoms with Crippen molar-refractivity contribution < 1.29 is 1.37 Å². The Morgan fingerprint density at radius 2 is 2.10 bits per heavy atom. The monoisotopic (exact) mass is 266 g/mol. The summed E-state index contributed by atoms with van der Waals surface area (Å²) in [6.07, 6.45) is 5.28. The number of aromatic amines is 1. The highest BCUT2D eigenvalue weighted by molar-refractivity contribution is 5.76. The number of H-pyrrole nitrogens is 1. The molecule has 98 valence electrons. The zero-order valence-corrected chi connectivity index (χ0v) is 10.6. The van der Waals surface area contributed by atoms with Crippen LogP contribution in [0.4, 0.5) is 0 Å². The van der Waals surface area contributed by atoms with Crippen LogP contribution in [0.3, 0.4) is 0 Å². The number of fused-ring (bicyclic) bond motifs is 1. The number of rotatable bonds is 2. The quantitative estimate of drug-likeness (QED) is 0.596. The van der Waals surface area contributed by atoms with Crippen LogP contribution in [0.5, 0.6) is 0 Å². The van der Waals surface area contributed by atoms with Crippen LogP contribution in [-0.4, -0.2) is 34.6 Å². The maximum absolute atomic E-state index is 7.94. The molecular weight excluding hydrogens is 254 g/mol. The lowest BCUT2D eigenvalue weighted by molar-refractivity contribution is 0.767. The summed E-state index contributed by atoms with van der Waals surface area (Å²) in [4.78, 5) is 4.28. The molecule has 4 aromatic heterocycles. The molecule has 4 aromatic rings. The second-order valence-electron chi connectivity index (χ2n) is 4.37. The summed E-state index contributed by atoms with van der Waals surface area (Å²) in [6, 6.07) is 5.40. The fourth-order valence-corrected chi connectivity index (χ4v) is 2.25. The average molecular weight is 266 g/mol. The summed E-state index contributed by atoms with van der Waals surface area (Å²) < 4.78 is 11.4. The molecule has 0 amide bonds. The fraction of sp³-hybridized carbons (Fsp3) is 0.0769. The molecule has 0 aliphatic rings. The number of nitrogens with one attached hydrogen (secondary N) is 1. The van der Waals surface area contributed by atoms with E-state index in [1.54, 1.807) is 33.9 Å². The molecule has 0 aliphatic heterocycles. The van der Waals surface area contributed by atoms with Crippen LogP contribution in [0.25, 0.3) is 28.3 Å². The Bertz CT molecular complexity index is 919. The first-order valence-corrected chi connectivity index (χ1v) is 6.07. The molecule has 0 radical (unpaired) electrons. The number of hydrogen-bond acceptors (Lipinski definition) is 4. The number of aryl methyl sites for hydroxylation is 1. The highest BCUT2D eigenvalue weighted by atomic mass is 15.3. The van der Waals surface area contributed by atoms with E-state index in [4.69, 9.17) is 1.37 Å². The Balaban J connectivity index is 2.04. The van der Waals surface area contributed by atoms with Gasteiger partial charge in [-0.3, -0.25) is 9.78 Å². The first-order chi connectivity index (χ1) is 10.2. The van der Waals surface area contributed by atoms with E-state index in [1.807, 2.05) is 19.2 Å². The Kier molecular flexibility index (Phi) is 1.99. The summed E-state index contributed by atoms with van der Waals surface area (Å²) in [5.41, 5.74) is 3.89. The van der Waals surface area contributed by atoms with Gasteiger partial charge in [-0.2, -0.15) is 15.3 Å². The van der Waals surface area contributed by atoms with Crippen LogP contribution in [0.15, 0.2) is 43.0 Å². The van der Waals surface area contributed by atoms with E-state index in [0.29, 0.717) is 5.65 Å². The summed E-state index contributed by atoms with van der Waals surface area (Å²) in [5.74, 6) is 0. The second kappa shape index (κ2) is 4.02. The molecule has 0 bridgehead atoms. The van der Waals surface area contributed by atoms with Gasteiger partial charge in [-0.25, -0.2) is 9.50 Å². The molecule has 4 rings (SSSR count). The molecule has 0 aromatic carbocycles. The van der Waals surface area contributed by atoms with E-state index < -0.39 is 0 Å². The topological polar surface area (TPSA) is 76.7 Å². The third-order valence-electron chi connectivity index (χ3n) is 3.22. The number of nitrogens with zero attached hydrogens (tertiary/aromatic N) is 6. The van der Waals surface area contributed by atoms with Gasteiger partial charge in [0, 0.05) is 25.6 Å². The lowest BCUT2D eigenvalue weighted by Gasteiger charge is -2.04. The maximum atomic E-state index is 7.94. The molecule has 7 nitrogen and oxygen atoms in total. The first kappa shape index (κ1) is 9.90. The van der Waals surface area contributed by atoms with Gasteiger partial charge in [-0.15, -0.1) is 0 Å². The average Bonchev–Trinajstić information content (AvgIpc) is 3.16. The second-order valence-corrected chi connectivity index (χ2v) is 4.37. The van der Waals surface area contributed by atoms with Gasteiger partial charge in [-0.05, 0) is 18.2 Å². The molecular formula is C13H11N7. The Morgan fingerprint density at radius 3 is 2.85 bits per heavy atom. The summed E-state index contributed by atoms with van der Waals surface area (Å²) in [7, 11) is 1.85. The highest BCUT2D eigenvalue weighted by Gasteiger charge is 2.13. The summed E-state index contributed by atoms with van der Waals surface area (Å²) in [5, 5.41) is 15.4. The van der Waals surface area contributed by atoms with E-state index in [1.165, 1.54) is 0 Å². The molecule has 0 aliphatic carbocycles. The fourth-order valence-electron chi connectivity index (χ4n) is 2.25. The van der Waals surface area contributed by atoms with Gasteiger partial charge in [0.1, 0.15) is 0 Å². The van der Waals surface area contributed by atoms with Gasteiger partial charge in [0.05, 0.1) is 30.2 Å². The zero-order valence-electron chi connectivity index (χ0n) is 11.6. The van der Waals surface area contributed by atoms with E-state index in [9.17, 15) is 0 Å². The van der Waals surface area contributed by atoms with Crippen LogP contribution in [0.2, 0.25) is 0 Å². The summed E-state index contributed by atoms with van der Waals surface area (Å²) in [6.45, 7) is 0. The lowest BCUT2D eigenvalue weighted by Crippen LogP contribution is -2.00. The minimum atomic E-state index is 0.181. The van der Waals surface area contributed by atoms with E-state index in [0.717, 1.165) is 22.6 Å². The smallest absolute Gasteiger partial charge is 0.165 e. The van der Waals surface area contributed by atoms with E-state index >= 15 is 0 Å². The Hall–Kier alpha value is -2.96. The predicted molar refractivity (Wildman–Crippen MR) is 72.8 cm³/mol. The maximum Gasteiger partial charge on any atom is 0.165 e. The van der Waals surface area contributed by atoms with Crippen LogP contribution in [0.1, 0.15) is 1.37 Å². The number of hydrogen-bond donors (Lipinski definition) is 1. The minimum Gasteiger partial charge on any atom is -0.278 e. The predicted octanol–water partition coefficient (Wildman–Crippen LogP) is 1.52. The first-order valence-electron chi connectivity index (χ1n) is 6.57. The van der Waals surface area contributed by atoms with Crippen molar-refractivity contribution in [3.8, 4) is 22.6 Å². The summed E-state index contributed by atoms with van der Waals surface area (Å²) >= 11 is 0. The molecule has 7 heteroatoms. The lowest BCUT2D eigenvalue weighted by atomic mass is 10.2. The largest absolute Gasteiger partial charge is 0.278 e. The molecule has 20 heavy (non-hydrogen) atoms. The minimum absolute atomic E-state index is 0.181. The van der Waals surface area contributed by atoms with Crippen LogP contribution in [0, 0.1) is 0 Å². The SMILES string of the molecule is [2H]c1cc(-c2ccnn2C)n2ncc(-c3ccn[nH]3)c2n1. The molecule has 1 N–H and O–H groups in total. The molecule has 0 unspecified atom stereocenters. The van der Waals surface area contributed by atoms with Crippen molar-refractivity contribution in [3.05, 3.63) is 43.0 Å². The molecule has 0 saturated carbocycles. The van der Waals surface area contributed by atoms with Gasteiger partial charge >= 0.3 is 0 Å². The van der Waals surface area contributed by atoms with Crippen molar-refractivity contribution in [2.45, 2.75) is 0 Å². The van der Waals surface area contributed by atoms with Crippen molar-refractivity contribution in [2.24, 2.45) is 7.05 Å². The van der Waals surface area contributed by atoms with Gasteiger partial charge in [0.2, 0.25) is 0 Å². The van der Waals surface area contributed by atoms with Crippen molar-refractivity contribution >= 4 is 5.65 Å². The normalized spacial score (nSPS) is 11.9. The van der Waals surface area contributed by atoms with Crippen LogP contribution in [-0.2, 0) is 7.05 Å². The third kappa shape index (κ3) is 1.46. The van der Waals surface area contributed by atoms with Gasteiger partial charge in [-0.1, -0.05) is 0 Å². The Morgan fingerprint density at radius 1 is 1.15 bits per heavy atom. The van der Waals surface area contributed by atoms with Gasteiger partial charge in [0.15, 0.2) is 5.65 Å². The Labute approximate surface area is 115 Å². The highest BCUT2D eigenvalue weighted by Crippen LogP contribution is 2.25. The van der Waals surface area contributed by atoms with Crippen molar-refractivity contribution in [2.75, 3.05) is 0 Å². The van der Waals surface area contributed by atoms with Crippen molar-refractivity contribution in [3.63, 3.8) is 0 Å². The number of aromatic nitrogens is 7. The zero-order chi connectivity index (χ0) is 14.4. The molecule has 0 fully saturated rings. The molecule has 0 saturated heterocycles. The third-order valence-corrected chi connectivity index (χ3v) is 3.22.